The van der Waals surface area contributed by atoms with Crippen molar-refractivity contribution in [3.05, 3.63) is 145 Å². The standard InChI is InChI=1S/C16H18FN3O3.C11H17N3O2S.C10H15N3O3.C6H5BFO2.C6H7N3O2S.C5H11Br/c1-10(2)7-8-19-16(23)20(13-6-4-5-12(17)9-13)15(22)14(18-19)11(3)21;1-7(2)5-6-14-11(17-4)12-10(16)9(13-14)8(3)15;1-6(2)4-5-13-10(16)11-9(15)8(12-13)7(3)14;8-5-2-1-3-6(4-5)10-7-9;1-3(10)4-5(11)7-6(12-2)9-8-4;1-5(2)3-4-6/h4-6,9-10H,7-8H2,1-3H3;7H,5-6H2,1-4H3;6H,4-5H2,1-3H3,(H,11,15,16);1-4,9H;1-2H3,(H,7,9,11);5H,3-4H2,1-2H3. The number of H-pyrrole nitrogens is 2. The predicted molar refractivity (Wildman–Crippen MR) is 322 cm³/mol. The zero-order valence-corrected chi connectivity index (χ0v) is 52.7. The second-order valence-electron chi connectivity index (χ2n) is 19.6. The molecule has 1 radical (unpaired) electrons. The summed E-state index contributed by atoms with van der Waals surface area (Å²) in [7, 11) is 0.509. The minimum absolute atomic E-state index is 0.0724. The quantitative estimate of drug-likeness (QED) is 0.0305. The maximum absolute atomic E-state index is 13.4. The highest BCUT2D eigenvalue weighted by Crippen LogP contribution is 2.13. The lowest BCUT2D eigenvalue weighted by Crippen LogP contribution is -2.43. The van der Waals surface area contributed by atoms with Gasteiger partial charge in [-0.2, -0.15) is 20.3 Å². The van der Waals surface area contributed by atoms with Crippen LogP contribution in [0.15, 0.2) is 87.6 Å². The Kier molecular flexibility index (Phi) is 34.4. The van der Waals surface area contributed by atoms with Crippen molar-refractivity contribution in [1.29, 1.82) is 0 Å². The summed E-state index contributed by atoms with van der Waals surface area (Å²) in [5, 5.41) is 29.1. The summed E-state index contributed by atoms with van der Waals surface area (Å²) in [5.41, 5.74) is -4.55. The molecule has 0 saturated heterocycles. The van der Waals surface area contributed by atoms with E-state index >= 15 is 0 Å². The van der Waals surface area contributed by atoms with Crippen LogP contribution in [0, 0.1) is 35.3 Å². The molecule has 457 valence electrons. The van der Waals surface area contributed by atoms with Crippen molar-refractivity contribution >= 4 is 70.3 Å². The molecule has 84 heavy (non-hydrogen) atoms. The first-order valence-electron chi connectivity index (χ1n) is 26.2. The molecule has 0 bridgehead atoms. The van der Waals surface area contributed by atoms with E-state index in [1.807, 2.05) is 34.0 Å². The van der Waals surface area contributed by atoms with E-state index in [0.717, 1.165) is 44.1 Å². The molecule has 0 amide bonds. The zero-order chi connectivity index (χ0) is 64.0. The molecule has 4 aromatic heterocycles. The summed E-state index contributed by atoms with van der Waals surface area (Å²) in [6.45, 7) is 23.1. The molecule has 24 nitrogen and oxygen atoms in total. The first-order valence-corrected chi connectivity index (χ1v) is 29.7. The highest BCUT2D eigenvalue weighted by molar-refractivity contribution is 9.09. The SMILES string of the molecule is CC(=O)c1nn(CCC(C)C)c(=O)[nH]c1=O.CC(=O)c1nn(CCC(C)C)c(=O)n(-c2cccc(F)c2)c1=O.CC(C)CCBr.CSc1nc(=O)c(C(C)=O)nn1CCC(C)C.CSc1nnc(C(C)=O)c(=O)[nH]1.O[B]Oc1cccc(F)c1. The van der Waals surface area contributed by atoms with Crippen molar-refractivity contribution in [3.8, 4) is 11.4 Å². The maximum atomic E-state index is 13.4. The lowest BCUT2D eigenvalue weighted by Gasteiger charge is -2.12. The van der Waals surface area contributed by atoms with E-state index in [4.69, 9.17) is 5.02 Å². The van der Waals surface area contributed by atoms with Crippen LogP contribution in [0.5, 0.6) is 5.75 Å². The van der Waals surface area contributed by atoms with Gasteiger partial charge in [0.15, 0.2) is 56.2 Å². The number of halogens is 3. The third-order valence-corrected chi connectivity index (χ3v) is 12.3. The minimum Gasteiger partial charge on any atom is -0.537 e. The first-order chi connectivity index (χ1) is 39.4. The number of carbonyl (C=O) groups is 4. The van der Waals surface area contributed by atoms with Crippen LogP contribution in [0.25, 0.3) is 5.69 Å². The Morgan fingerprint density at radius 3 is 1.54 bits per heavy atom. The van der Waals surface area contributed by atoms with Crippen molar-refractivity contribution < 1.29 is 37.6 Å². The van der Waals surface area contributed by atoms with Gasteiger partial charge in [-0.1, -0.05) is 107 Å². The van der Waals surface area contributed by atoms with Crippen LogP contribution in [0.3, 0.4) is 0 Å². The van der Waals surface area contributed by atoms with Gasteiger partial charge in [-0.15, -0.1) is 10.2 Å². The van der Waals surface area contributed by atoms with Gasteiger partial charge < -0.3 is 9.68 Å². The van der Waals surface area contributed by atoms with E-state index in [1.54, 1.807) is 10.9 Å². The molecular formula is C54H73BBrF2N12O12S2. The van der Waals surface area contributed by atoms with Gasteiger partial charge in [-0.3, -0.25) is 48.3 Å². The largest absolute Gasteiger partial charge is 0.569 e. The Bertz CT molecular complexity index is 3500. The van der Waals surface area contributed by atoms with Crippen molar-refractivity contribution in [2.75, 3.05) is 17.8 Å². The fourth-order valence-electron chi connectivity index (χ4n) is 6.06. The van der Waals surface area contributed by atoms with Gasteiger partial charge in [0.25, 0.3) is 16.7 Å². The number of ketones is 4. The molecule has 0 aliphatic carbocycles. The summed E-state index contributed by atoms with van der Waals surface area (Å²) in [6.07, 6.45) is 7.24. The Balaban J connectivity index is 0.000000524. The number of alkyl halides is 1. The average Bonchev–Trinajstić information content (AvgIpc) is 2.44. The molecule has 0 saturated carbocycles. The van der Waals surface area contributed by atoms with Crippen molar-refractivity contribution in [2.24, 2.45) is 23.7 Å². The molecule has 0 unspecified atom stereocenters. The minimum atomic E-state index is -0.839. The number of aromatic nitrogens is 12. The topological polar surface area (TPSA) is 329 Å². The van der Waals surface area contributed by atoms with Crippen LogP contribution >= 0.6 is 39.5 Å². The van der Waals surface area contributed by atoms with Crippen molar-refractivity contribution in [1.82, 2.24) is 59.1 Å². The summed E-state index contributed by atoms with van der Waals surface area (Å²) >= 11 is 5.97. The number of hydrogen-bond acceptors (Lipinski definition) is 20. The number of aryl methyl sites for hydroxylation is 3. The molecule has 2 aromatic carbocycles. The second kappa shape index (κ2) is 38.6. The van der Waals surface area contributed by atoms with Crippen molar-refractivity contribution in [2.45, 2.75) is 139 Å². The highest BCUT2D eigenvalue weighted by atomic mass is 79.9. The maximum Gasteiger partial charge on any atom is 0.569 e. The number of Topliss-reactive ketones (excluding diaryl/α,β-unsaturated/α-hetero) is 4. The summed E-state index contributed by atoms with van der Waals surface area (Å²) in [5.74, 6) is -0.273. The van der Waals surface area contributed by atoms with Crippen molar-refractivity contribution in [3.63, 3.8) is 0 Å². The van der Waals surface area contributed by atoms with Crippen LogP contribution in [0.2, 0.25) is 0 Å². The van der Waals surface area contributed by atoms with E-state index < -0.39 is 51.0 Å². The van der Waals surface area contributed by atoms with E-state index in [-0.39, 0.29) is 58.1 Å². The Hall–Kier alpha value is -7.18. The third-order valence-electron chi connectivity index (χ3n) is 10.6. The monoisotopic (exact) mass is 1270 g/mol. The van der Waals surface area contributed by atoms with E-state index in [2.05, 4.69) is 88.7 Å². The fraction of sp³-hybridized carbons (Fsp3) is 0.481. The number of nitrogens with one attached hydrogen (secondary N) is 2. The van der Waals surface area contributed by atoms with E-state index in [9.17, 15) is 56.7 Å². The molecule has 0 atom stereocenters. The smallest absolute Gasteiger partial charge is 0.537 e. The molecule has 4 heterocycles. The second-order valence-corrected chi connectivity index (χ2v) is 22.0. The Morgan fingerprint density at radius 2 is 1.10 bits per heavy atom. The van der Waals surface area contributed by atoms with Crippen LogP contribution in [-0.2, 0) is 19.6 Å². The summed E-state index contributed by atoms with van der Waals surface area (Å²) in [6, 6.07) is 10.6. The zero-order valence-electron chi connectivity index (χ0n) is 49.5. The van der Waals surface area contributed by atoms with Crippen LogP contribution in [0.4, 0.5) is 8.78 Å². The molecule has 3 N–H and O–H groups in total. The molecule has 0 spiro atoms. The Labute approximate surface area is 501 Å². The van der Waals surface area contributed by atoms with Gasteiger partial charge in [0.2, 0.25) is 0 Å². The van der Waals surface area contributed by atoms with Crippen LogP contribution in [0.1, 0.15) is 151 Å². The molecular weight excluding hydrogens is 1200 g/mol. The summed E-state index contributed by atoms with van der Waals surface area (Å²) in [4.78, 5) is 123. The molecule has 6 rings (SSSR count). The van der Waals surface area contributed by atoms with Gasteiger partial charge in [0.05, 0.1) is 5.69 Å². The van der Waals surface area contributed by atoms with Gasteiger partial charge in [-0.05, 0) is 92.2 Å². The number of hydrogen-bond donors (Lipinski definition) is 3. The number of aromatic amines is 2. The number of nitrogens with zero attached hydrogens (tertiary/aromatic N) is 10. The normalized spacial score (nSPS) is 10.5. The molecule has 30 heteroatoms. The number of thioether (sulfide) groups is 2. The van der Waals surface area contributed by atoms with Gasteiger partial charge in [0, 0.05) is 58.7 Å². The number of benzene rings is 2. The molecule has 0 aliphatic heterocycles. The van der Waals surface area contributed by atoms with Gasteiger partial charge in [-0.25, -0.2) is 37.0 Å². The summed E-state index contributed by atoms with van der Waals surface area (Å²) < 4.78 is 34.9. The fourth-order valence-corrected chi connectivity index (χ4v) is 7.81. The van der Waals surface area contributed by atoms with Gasteiger partial charge >= 0.3 is 24.6 Å². The molecule has 0 aliphatic rings. The lowest BCUT2D eigenvalue weighted by atomic mass is 10.1. The Morgan fingerprint density at radius 1 is 0.619 bits per heavy atom. The first kappa shape index (κ1) is 74.8. The molecule has 0 fully saturated rings. The van der Waals surface area contributed by atoms with E-state index in [0.29, 0.717) is 55.3 Å². The third kappa shape index (κ3) is 27.0. The average molecular weight is 1280 g/mol. The van der Waals surface area contributed by atoms with Gasteiger partial charge in [0.1, 0.15) is 17.4 Å². The van der Waals surface area contributed by atoms with Crippen LogP contribution in [-0.4, -0.2) is 113 Å². The number of rotatable bonds is 20. The number of carbonyl (C=O) groups excluding carboxylic acids is 4. The lowest BCUT2D eigenvalue weighted by molar-refractivity contribution is 0.0995. The predicted octanol–water partition coefficient (Wildman–Crippen LogP) is 6.82. The highest BCUT2D eigenvalue weighted by Gasteiger charge is 2.19. The van der Waals surface area contributed by atoms with Crippen LogP contribution < -0.4 is 38.3 Å². The van der Waals surface area contributed by atoms with E-state index in [1.165, 1.54) is 100 Å². The molecule has 6 aromatic rings.